The highest BCUT2D eigenvalue weighted by molar-refractivity contribution is 5.76. The summed E-state index contributed by atoms with van der Waals surface area (Å²) >= 11 is 0. The van der Waals surface area contributed by atoms with Crippen molar-refractivity contribution in [2.45, 2.75) is 38.1 Å². The van der Waals surface area contributed by atoms with E-state index >= 15 is 0 Å². The molecule has 1 saturated carbocycles. The van der Waals surface area contributed by atoms with Gasteiger partial charge in [0.1, 0.15) is 0 Å². The SMILES string of the molecule is CN(CC1CC1)C(=O)N1CCCC1CC(=O)O. The summed E-state index contributed by atoms with van der Waals surface area (Å²) in [6, 6.07) is -0.109. The average Bonchev–Trinajstić information content (AvgIpc) is 2.95. The summed E-state index contributed by atoms with van der Waals surface area (Å²) in [5, 5.41) is 8.82. The molecule has 17 heavy (non-hydrogen) atoms. The van der Waals surface area contributed by atoms with Gasteiger partial charge in [-0.2, -0.15) is 0 Å². The summed E-state index contributed by atoms with van der Waals surface area (Å²) in [6.07, 6.45) is 4.24. The molecule has 2 rings (SSSR count). The van der Waals surface area contributed by atoms with Crippen molar-refractivity contribution in [3.05, 3.63) is 0 Å². The van der Waals surface area contributed by atoms with Crippen LogP contribution in [-0.4, -0.2) is 53.1 Å². The van der Waals surface area contributed by atoms with Gasteiger partial charge in [-0.3, -0.25) is 4.79 Å². The molecule has 1 aliphatic carbocycles. The number of amides is 2. The Hall–Kier alpha value is -1.26. The molecule has 2 fully saturated rings. The van der Waals surface area contributed by atoms with E-state index in [4.69, 9.17) is 5.11 Å². The topological polar surface area (TPSA) is 60.9 Å². The highest BCUT2D eigenvalue weighted by Crippen LogP contribution is 2.30. The molecule has 0 aromatic rings. The van der Waals surface area contributed by atoms with Crippen molar-refractivity contribution < 1.29 is 14.7 Å². The zero-order valence-corrected chi connectivity index (χ0v) is 10.3. The van der Waals surface area contributed by atoms with Crippen LogP contribution >= 0.6 is 0 Å². The van der Waals surface area contributed by atoms with Crippen LogP contribution in [0.2, 0.25) is 0 Å². The lowest BCUT2D eigenvalue weighted by molar-refractivity contribution is -0.138. The molecule has 1 N–H and O–H groups in total. The van der Waals surface area contributed by atoms with Gasteiger partial charge in [0.05, 0.1) is 6.42 Å². The number of carboxylic acids is 1. The Morgan fingerprint density at radius 2 is 2.06 bits per heavy atom. The number of hydrogen-bond acceptors (Lipinski definition) is 2. The number of aliphatic carboxylic acids is 1. The van der Waals surface area contributed by atoms with Crippen LogP contribution in [0, 0.1) is 5.92 Å². The van der Waals surface area contributed by atoms with Crippen LogP contribution in [0.4, 0.5) is 4.79 Å². The number of hydrogen-bond donors (Lipinski definition) is 1. The number of carbonyl (C=O) groups is 2. The molecular formula is C12H20N2O3. The summed E-state index contributed by atoms with van der Waals surface area (Å²) in [5.74, 6) is -0.149. The zero-order valence-electron chi connectivity index (χ0n) is 10.3. The van der Waals surface area contributed by atoms with E-state index in [0.717, 1.165) is 19.4 Å². The Morgan fingerprint density at radius 3 is 2.65 bits per heavy atom. The maximum absolute atomic E-state index is 12.2. The van der Waals surface area contributed by atoms with Gasteiger partial charge in [-0.25, -0.2) is 4.79 Å². The van der Waals surface area contributed by atoms with Crippen LogP contribution in [0.15, 0.2) is 0 Å². The van der Waals surface area contributed by atoms with Gasteiger partial charge < -0.3 is 14.9 Å². The zero-order chi connectivity index (χ0) is 12.4. The second-order valence-corrected chi connectivity index (χ2v) is 5.19. The fourth-order valence-electron chi connectivity index (χ4n) is 2.49. The molecule has 2 amide bonds. The third-order valence-electron chi connectivity index (χ3n) is 3.59. The van der Waals surface area contributed by atoms with Gasteiger partial charge in [-0.15, -0.1) is 0 Å². The Labute approximate surface area is 101 Å². The van der Waals surface area contributed by atoms with Crippen molar-refractivity contribution in [3.63, 3.8) is 0 Å². The van der Waals surface area contributed by atoms with Gasteiger partial charge in [0, 0.05) is 26.2 Å². The van der Waals surface area contributed by atoms with Crippen LogP contribution in [-0.2, 0) is 4.79 Å². The fraction of sp³-hybridized carbons (Fsp3) is 0.833. The first-order valence-corrected chi connectivity index (χ1v) is 6.31. The minimum atomic E-state index is -0.820. The maximum Gasteiger partial charge on any atom is 0.320 e. The molecule has 0 aromatic heterocycles. The molecule has 0 spiro atoms. The van der Waals surface area contributed by atoms with Crippen LogP contribution in [0.3, 0.4) is 0 Å². The lowest BCUT2D eigenvalue weighted by atomic mass is 10.1. The largest absolute Gasteiger partial charge is 0.481 e. The molecular weight excluding hydrogens is 220 g/mol. The van der Waals surface area contributed by atoms with E-state index in [1.54, 1.807) is 9.80 Å². The normalized spacial score (nSPS) is 23.8. The molecule has 0 aromatic carbocycles. The van der Waals surface area contributed by atoms with Crippen molar-refractivity contribution in [2.24, 2.45) is 5.92 Å². The molecule has 5 heteroatoms. The summed E-state index contributed by atoms with van der Waals surface area (Å²) in [7, 11) is 1.82. The molecule has 5 nitrogen and oxygen atoms in total. The monoisotopic (exact) mass is 240 g/mol. The number of urea groups is 1. The number of likely N-dealkylation sites (tertiary alicyclic amines) is 1. The smallest absolute Gasteiger partial charge is 0.320 e. The van der Waals surface area contributed by atoms with Crippen molar-refractivity contribution in [3.8, 4) is 0 Å². The molecule has 1 unspecified atom stereocenters. The van der Waals surface area contributed by atoms with E-state index in [0.29, 0.717) is 12.5 Å². The summed E-state index contributed by atoms with van der Waals surface area (Å²) in [6.45, 7) is 1.51. The van der Waals surface area contributed by atoms with E-state index in [1.165, 1.54) is 12.8 Å². The second-order valence-electron chi connectivity index (χ2n) is 5.19. The third kappa shape index (κ3) is 3.11. The Balaban J connectivity index is 1.89. The number of carbonyl (C=O) groups excluding carboxylic acids is 1. The molecule has 96 valence electrons. The molecule has 1 saturated heterocycles. The standard InChI is InChI=1S/C12H20N2O3/c1-13(8-9-4-5-9)12(17)14-6-2-3-10(14)7-11(15)16/h9-10H,2-8H2,1H3,(H,15,16). The number of nitrogens with zero attached hydrogens (tertiary/aromatic N) is 2. The van der Waals surface area contributed by atoms with Gasteiger partial charge in [-0.05, 0) is 31.6 Å². The second kappa shape index (κ2) is 4.94. The summed E-state index contributed by atoms with van der Waals surface area (Å²) in [4.78, 5) is 26.4. The summed E-state index contributed by atoms with van der Waals surface area (Å²) in [5.41, 5.74) is 0. The third-order valence-corrected chi connectivity index (χ3v) is 3.59. The minimum absolute atomic E-state index is 0.000602. The van der Waals surface area contributed by atoms with Gasteiger partial charge in [0.25, 0.3) is 0 Å². The van der Waals surface area contributed by atoms with E-state index in [-0.39, 0.29) is 18.5 Å². The van der Waals surface area contributed by atoms with E-state index < -0.39 is 5.97 Å². The van der Waals surface area contributed by atoms with Crippen LogP contribution in [0.1, 0.15) is 32.1 Å². The lowest BCUT2D eigenvalue weighted by Crippen LogP contribution is -2.45. The van der Waals surface area contributed by atoms with Crippen molar-refractivity contribution in [1.82, 2.24) is 9.80 Å². The first-order chi connectivity index (χ1) is 8.08. The Bertz CT molecular complexity index is 315. The molecule has 2 aliphatic rings. The first kappa shape index (κ1) is 12.2. The van der Waals surface area contributed by atoms with Gasteiger partial charge in [0.2, 0.25) is 0 Å². The van der Waals surface area contributed by atoms with Crippen LogP contribution in [0.25, 0.3) is 0 Å². The molecule has 1 aliphatic heterocycles. The number of rotatable bonds is 4. The number of carboxylic acid groups (broad SMARTS) is 1. The maximum atomic E-state index is 12.2. The lowest BCUT2D eigenvalue weighted by Gasteiger charge is -2.29. The van der Waals surface area contributed by atoms with Gasteiger partial charge in [0.15, 0.2) is 0 Å². The van der Waals surface area contributed by atoms with E-state index in [2.05, 4.69) is 0 Å². The van der Waals surface area contributed by atoms with E-state index in [9.17, 15) is 9.59 Å². The average molecular weight is 240 g/mol. The summed E-state index contributed by atoms with van der Waals surface area (Å²) < 4.78 is 0. The van der Waals surface area contributed by atoms with Crippen LogP contribution in [0.5, 0.6) is 0 Å². The van der Waals surface area contributed by atoms with Gasteiger partial charge in [-0.1, -0.05) is 0 Å². The molecule has 0 bridgehead atoms. The van der Waals surface area contributed by atoms with Gasteiger partial charge >= 0.3 is 12.0 Å². The van der Waals surface area contributed by atoms with Crippen molar-refractivity contribution in [2.75, 3.05) is 20.1 Å². The van der Waals surface area contributed by atoms with E-state index in [1.807, 2.05) is 7.05 Å². The Kier molecular flexibility index (Phi) is 3.54. The molecule has 1 heterocycles. The highest BCUT2D eigenvalue weighted by atomic mass is 16.4. The van der Waals surface area contributed by atoms with Crippen molar-refractivity contribution in [1.29, 1.82) is 0 Å². The predicted molar refractivity (Wildman–Crippen MR) is 62.7 cm³/mol. The first-order valence-electron chi connectivity index (χ1n) is 6.31. The highest BCUT2D eigenvalue weighted by Gasteiger charge is 2.33. The molecule has 1 atom stereocenters. The van der Waals surface area contributed by atoms with Crippen LogP contribution < -0.4 is 0 Å². The van der Waals surface area contributed by atoms with Crippen molar-refractivity contribution >= 4 is 12.0 Å². The molecule has 0 radical (unpaired) electrons. The quantitative estimate of drug-likeness (QED) is 0.807. The minimum Gasteiger partial charge on any atom is -0.481 e. The fourth-order valence-corrected chi connectivity index (χ4v) is 2.49. The Morgan fingerprint density at radius 1 is 1.35 bits per heavy atom. The predicted octanol–water partition coefficient (Wildman–Crippen LogP) is 1.39.